The van der Waals surface area contributed by atoms with Gasteiger partial charge in [-0.05, 0) is 65.4 Å². The van der Waals surface area contributed by atoms with E-state index in [1.54, 1.807) is 37.7 Å². The van der Waals surface area contributed by atoms with Crippen LogP contribution in [0.15, 0.2) is 34.1 Å². The first-order chi connectivity index (χ1) is 12.6. The molecule has 7 heteroatoms. The number of methoxy groups -OCH3 is 2. The normalized spacial score (nSPS) is 15.7. The highest BCUT2D eigenvalue weighted by molar-refractivity contribution is 9.10. The van der Waals surface area contributed by atoms with Gasteiger partial charge >= 0.3 is 0 Å². The molecule has 2 heterocycles. The molecule has 0 spiro atoms. The van der Waals surface area contributed by atoms with Crippen molar-refractivity contribution in [3.05, 3.63) is 44.6 Å². The van der Waals surface area contributed by atoms with Gasteiger partial charge < -0.3 is 14.8 Å². The second kappa shape index (κ2) is 8.88. The minimum absolute atomic E-state index is 0.165. The number of nitrogens with one attached hydrogen (secondary N) is 1. The van der Waals surface area contributed by atoms with Crippen molar-refractivity contribution in [1.82, 2.24) is 10.2 Å². The molecule has 1 amide bonds. The van der Waals surface area contributed by atoms with E-state index in [4.69, 9.17) is 9.47 Å². The van der Waals surface area contributed by atoms with Crippen LogP contribution >= 0.6 is 27.3 Å². The molecular weight excluding hydrogens is 416 g/mol. The third-order valence-electron chi connectivity index (χ3n) is 4.61. The van der Waals surface area contributed by atoms with Gasteiger partial charge in [-0.3, -0.25) is 9.69 Å². The van der Waals surface area contributed by atoms with Crippen molar-refractivity contribution in [1.29, 1.82) is 0 Å². The Morgan fingerprint density at radius 3 is 2.69 bits per heavy atom. The largest absolute Gasteiger partial charge is 0.497 e. The van der Waals surface area contributed by atoms with Crippen LogP contribution in [-0.2, 0) is 0 Å². The predicted molar refractivity (Wildman–Crippen MR) is 107 cm³/mol. The molecule has 0 bridgehead atoms. The lowest BCUT2D eigenvalue weighted by molar-refractivity contribution is 0.0935. The van der Waals surface area contributed by atoms with Crippen LogP contribution in [0.1, 0.15) is 34.1 Å². The molecule has 1 saturated heterocycles. The number of amides is 1. The number of thiophene rings is 1. The quantitative estimate of drug-likeness (QED) is 0.706. The molecule has 1 atom stereocenters. The predicted octanol–water partition coefficient (Wildman–Crippen LogP) is 4.09. The average molecular weight is 439 g/mol. The highest BCUT2D eigenvalue weighted by atomic mass is 79.9. The minimum Gasteiger partial charge on any atom is -0.497 e. The van der Waals surface area contributed by atoms with Crippen molar-refractivity contribution in [2.45, 2.75) is 18.9 Å². The number of hydrogen-bond donors (Lipinski definition) is 1. The smallest absolute Gasteiger partial charge is 0.255 e. The first-order valence-corrected chi connectivity index (χ1v) is 10.3. The summed E-state index contributed by atoms with van der Waals surface area (Å²) in [6.07, 6.45) is 2.43. The van der Waals surface area contributed by atoms with E-state index in [1.807, 2.05) is 0 Å². The van der Waals surface area contributed by atoms with Gasteiger partial charge in [0, 0.05) is 11.4 Å². The molecule has 140 valence electrons. The third-order valence-corrected chi connectivity index (χ3v) is 6.17. The topological polar surface area (TPSA) is 50.8 Å². The van der Waals surface area contributed by atoms with Gasteiger partial charge in [0.25, 0.3) is 5.91 Å². The molecule has 3 rings (SSSR count). The van der Waals surface area contributed by atoms with E-state index in [1.165, 1.54) is 17.7 Å². The fourth-order valence-electron chi connectivity index (χ4n) is 3.29. The number of carbonyl (C=O) groups is 1. The maximum Gasteiger partial charge on any atom is 0.255 e. The molecule has 1 aliphatic heterocycles. The molecule has 0 radical (unpaired) electrons. The highest BCUT2D eigenvalue weighted by Crippen LogP contribution is 2.34. The SMILES string of the molecule is COc1cc(Br)c(OC)c(C(=O)NCC(c2cccs2)N2CCCC2)c1. The Hall–Kier alpha value is -1.57. The van der Waals surface area contributed by atoms with Crippen LogP contribution in [0.4, 0.5) is 0 Å². The van der Waals surface area contributed by atoms with Crippen LogP contribution in [0.2, 0.25) is 0 Å². The molecule has 2 aromatic rings. The summed E-state index contributed by atoms with van der Waals surface area (Å²) in [5.74, 6) is 0.955. The van der Waals surface area contributed by atoms with Crippen molar-refractivity contribution in [3.8, 4) is 11.5 Å². The summed E-state index contributed by atoms with van der Waals surface area (Å²) >= 11 is 5.18. The Morgan fingerprint density at radius 2 is 2.08 bits per heavy atom. The number of ether oxygens (including phenoxy) is 2. The number of halogens is 1. The zero-order chi connectivity index (χ0) is 18.5. The van der Waals surface area contributed by atoms with Gasteiger partial charge in [-0.25, -0.2) is 0 Å². The van der Waals surface area contributed by atoms with E-state index >= 15 is 0 Å². The Morgan fingerprint density at radius 1 is 1.31 bits per heavy atom. The number of carbonyl (C=O) groups excluding carboxylic acids is 1. The van der Waals surface area contributed by atoms with Gasteiger partial charge in [-0.2, -0.15) is 0 Å². The molecule has 1 aromatic carbocycles. The number of benzene rings is 1. The van der Waals surface area contributed by atoms with E-state index in [-0.39, 0.29) is 11.9 Å². The summed E-state index contributed by atoms with van der Waals surface area (Å²) in [6.45, 7) is 2.72. The van der Waals surface area contributed by atoms with Gasteiger partial charge in [0.2, 0.25) is 0 Å². The van der Waals surface area contributed by atoms with Crippen LogP contribution in [0.5, 0.6) is 11.5 Å². The van der Waals surface area contributed by atoms with Gasteiger partial charge in [-0.15, -0.1) is 11.3 Å². The summed E-state index contributed by atoms with van der Waals surface area (Å²) in [5.41, 5.74) is 0.463. The van der Waals surface area contributed by atoms with Gasteiger partial charge in [0.05, 0.1) is 30.3 Å². The summed E-state index contributed by atoms with van der Waals surface area (Å²) in [7, 11) is 3.14. The molecule has 1 unspecified atom stereocenters. The molecule has 0 aliphatic carbocycles. The molecule has 26 heavy (non-hydrogen) atoms. The lowest BCUT2D eigenvalue weighted by Crippen LogP contribution is -2.36. The van der Waals surface area contributed by atoms with Crippen LogP contribution in [0.3, 0.4) is 0 Å². The molecule has 5 nitrogen and oxygen atoms in total. The fraction of sp³-hybridized carbons (Fsp3) is 0.421. The third kappa shape index (κ3) is 4.22. The Bertz CT molecular complexity index is 745. The molecule has 1 aliphatic rings. The lowest BCUT2D eigenvalue weighted by Gasteiger charge is -2.27. The summed E-state index contributed by atoms with van der Waals surface area (Å²) < 4.78 is 11.4. The molecule has 1 aromatic heterocycles. The zero-order valence-electron chi connectivity index (χ0n) is 15.0. The maximum absolute atomic E-state index is 12.9. The number of nitrogens with zero attached hydrogens (tertiary/aromatic N) is 1. The maximum atomic E-state index is 12.9. The van der Waals surface area contributed by atoms with Crippen LogP contribution in [0, 0.1) is 0 Å². The Kier molecular flexibility index (Phi) is 6.56. The minimum atomic E-state index is -0.165. The first kappa shape index (κ1) is 19.2. The van der Waals surface area contributed by atoms with Crippen molar-refractivity contribution in [3.63, 3.8) is 0 Å². The lowest BCUT2D eigenvalue weighted by atomic mass is 10.1. The average Bonchev–Trinajstić information content (AvgIpc) is 3.35. The second-order valence-electron chi connectivity index (χ2n) is 6.17. The summed E-state index contributed by atoms with van der Waals surface area (Å²) in [4.78, 5) is 16.6. The Labute approximate surface area is 166 Å². The number of hydrogen-bond acceptors (Lipinski definition) is 5. The van der Waals surface area contributed by atoms with E-state index in [2.05, 4.69) is 43.7 Å². The van der Waals surface area contributed by atoms with E-state index in [9.17, 15) is 4.79 Å². The molecule has 0 saturated carbocycles. The van der Waals surface area contributed by atoms with E-state index in [0.717, 1.165) is 13.1 Å². The van der Waals surface area contributed by atoms with Crippen molar-refractivity contribution in [2.24, 2.45) is 0 Å². The standard InChI is InChI=1S/C19H23BrN2O3S/c1-24-13-10-14(18(25-2)15(20)11-13)19(23)21-12-16(17-6-5-9-26-17)22-7-3-4-8-22/h5-6,9-11,16H,3-4,7-8,12H2,1-2H3,(H,21,23). The number of rotatable bonds is 7. The zero-order valence-corrected chi connectivity index (χ0v) is 17.4. The fourth-order valence-corrected chi connectivity index (χ4v) is 4.75. The number of likely N-dealkylation sites (tertiary alicyclic amines) is 1. The van der Waals surface area contributed by atoms with Gasteiger partial charge in [0.1, 0.15) is 11.5 Å². The van der Waals surface area contributed by atoms with Crippen LogP contribution in [-0.4, -0.2) is 44.7 Å². The van der Waals surface area contributed by atoms with Crippen LogP contribution < -0.4 is 14.8 Å². The molecule has 1 fully saturated rings. The first-order valence-electron chi connectivity index (χ1n) is 8.61. The summed E-state index contributed by atoms with van der Waals surface area (Å²) in [5, 5.41) is 5.17. The van der Waals surface area contributed by atoms with Crippen molar-refractivity contribution < 1.29 is 14.3 Å². The molecule has 1 N–H and O–H groups in total. The monoisotopic (exact) mass is 438 g/mol. The summed E-state index contributed by atoms with van der Waals surface area (Å²) in [6, 6.07) is 7.90. The van der Waals surface area contributed by atoms with E-state index < -0.39 is 0 Å². The van der Waals surface area contributed by atoms with Crippen LogP contribution in [0.25, 0.3) is 0 Å². The van der Waals surface area contributed by atoms with Gasteiger partial charge in [0.15, 0.2) is 0 Å². The van der Waals surface area contributed by atoms with Crippen molar-refractivity contribution in [2.75, 3.05) is 33.9 Å². The highest BCUT2D eigenvalue weighted by Gasteiger charge is 2.25. The Balaban J connectivity index is 1.77. The van der Waals surface area contributed by atoms with Gasteiger partial charge in [-0.1, -0.05) is 6.07 Å². The second-order valence-corrected chi connectivity index (χ2v) is 8.01. The van der Waals surface area contributed by atoms with E-state index in [0.29, 0.717) is 28.1 Å². The molecular formula is C19H23BrN2O3S. The van der Waals surface area contributed by atoms with Crippen molar-refractivity contribution >= 4 is 33.2 Å².